The van der Waals surface area contributed by atoms with Gasteiger partial charge in [-0.2, -0.15) is 0 Å². The third-order valence-electron chi connectivity index (χ3n) is 7.30. The summed E-state index contributed by atoms with van der Waals surface area (Å²) in [5, 5.41) is 3.37. The second-order valence-electron chi connectivity index (χ2n) is 10.2. The summed E-state index contributed by atoms with van der Waals surface area (Å²) in [6, 6.07) is 12.9. The van der Waals surface area contributed by atoms with Crippen molar-refractivity contribution in [2.45, 2.75) is 50.2 Å². The Morgan fingerprint density at radius 1 is 1.10 bits per heavy atom. The molecular formula is C29H34Cl2N4O4S. The Bertz CT molecular complexity index is 1410. The van der Waals surface area contributed by atoms with Crippen LogP contribution in [0.1, 0.15) is 53.9 Å². The van der Waals surface area contributed by atoms with Crippen molar-refractivity contribution in [2.24, 2.45) is 5.92 Å². The molecule has 214 valence electrons. The zero-order valence-corrected chi connectivity index (χ0v) is 25.1. The molecule has 3 heterocycles. The van der Waals surface area contributed by atoms with Crippen molar-refractivity contribution in [2.75, 3.05) is 25.9 Å². The maximum atomic E-state index is 12.6. The fourth-order valence-electron chi connectivity index (χ4n) is 5.01. The van der Waals surface area contributed by atoms with E-state index < -0.39 is 9.84 Å². The zero-order valence-electron chi connectivity index (χ0n) is 22.8. The Hall–Kier alpha value is -2.72. The zero-order chi connectivity index (χ0) is 28.9. The van der Waals surface area contributed by atoms with Gasteiger partial charge in [-0.1, -0.05) is 41.4 Å². The molecule has 11 heteroatoms. The average Bonchev–Trinajstić information content (AvgIpc) is 2.91. The molecule has 8 nitrogen and oxygen atoms in total. The second-order valence-corrected chi connectivity index (χ2v) is 13.1. The number of piperidine rings is 1. The summed E-state index contributed by atoms with van der Waals surface area (Å²) in [6.07, 6.45) is 6.35. The highest BCUT2D eigenvalue weighted by Gasteiger charge is 2.31. The Labute approximate surface area is 246 Å². The molecule has 2 unspecified atom stereocenters. The fraction of sp³-hybridized carbons (Fsp3) is 0.414. The number of ether oxygens (including phenoxy) is 1. The van der Waals surface area contributed by atoms with Gasteiger partial charge in [-0.3, -0.25) is 9.78 Å². The number of likely N-dealkylation sites (tertiary alicyclic amines) is 1. The molecule has 1 aliphatic rings. The number of sulfone groups is 1. The van der Waals surface area contributed by atoms with Crippen molar-refractivity contribution in [1.82, 2.24) is 20.2 Å². The molecule has 1 aromatic carbocycles. The predicted molar refractivity (Wildman–Crippen MR) is 157 cm³/mol. The van der Waals surface area contributed by atoms with Crippen LogP contribution in [0.4, 0.5) is 0 Å². The SMILES string of the molecule is Cc1cccc(OC(c2ccc(S(C)(=O)=O)cc2)C2CCN(C(C)CCNC(=O)c3c(Cl)cncc3Cl)CC2)n1. The van der Waals surface area contributed by atoms with E-state index in [-0.39, 0.29) is 44.5 Å². The van der Waals surface area contributed by atoms with Crippen LogP contribution in [0.3, 0.4) is 0 Å². The Kier molecular flexibility index (Phi) is 10.1. The summed E-state index contributed by atoms with van der Waals surface area (Å²) < 4.78 is 30.4. The molecule has 2 aromatic heterocycles. The third-order valence-corrected chi connectivity index (χ3v) is 9.00. The lowest BCUT2D eigenvalue weighted by Gasteiger charge is -2.39. The van der Waals surface area contributed by atoms with E-state index in [9.17, 15) is 13.2 Å². The largest absolute Gasteiger partial charge is 0.469 e. The van der Waals surface area contributed by atoms with Crippen LogP contribution in [0.5, 0.6) is 5.88 Å². The van der Waals surface area contributed by atoms with Gasteiger partial charge in [-0.15, -0.1) is 0 Å². The van der Waals surface area contributed by atoms with Crippen LogP contribution in [-0.4, -0.2) is 61.1 Å². The minimum atomic E-state index is -3.29. The van der Waals surface area contributed by atoms with Gasteiger partial charge in [0.25, 0.3) is 5.91 Å². The molecule has 4 rings (SSSR count). The molecule has 0 spiro atoms. The van der Waals surface area contributed by atoms with Gasteiger partial charge >= 0.3 is 0 Å². The maximum Gasteiger partial charge on any atom is 0.254 e. The number of rotatable bonds is 10. The van der Waals surface area contributed by atoms with E-state index in [1.807, 2.05) is 37.3 Å². The standard InChI is InChI=1S/C29H34Cl2N4O4S/c1-19-5-4-6-26(34-19)39-28(21-7-9-23(10-8-21)40(3,37)38)22-12-15-35(16-13-22)20(2)11-14-33-29(36)27-24(30)17-32-18-25(27)31/h4-10,17-18,20,22,28H,11-16H2,1-3H3,(H,33,36). The molecule has 0 aliphatic carbocycles. The summed E-state index contributed by atoms with van der Waals surface area (Å²) in [5.41, 5.74) is 2.04. The van der Waals surface area contributed by atoms with Crippen molar-refractivity contribution in [3.8, 4) is 5.88 Å². The quantitative estimate of drug-likeness (QED) is 0.324. The molecule has 0 radical (unpaired) electrons. The normalized spacial score (nSPS) is 16.3. The molecule has 1 fully saturated rings. The fourth-order valence-corrected chi connectivity index (χ4v) is 6.18. The first-order valence-corrected chi connectivity index (χ1v) is 15.9. The van der Waals surface area contributed by atoms with Crippen molar-refractivity contribution < 1.29 is 17.9 Å². The van der Waals surface area contributed by atoms with Crippen molar-refractivity contribution >= 4 is 38.9 Å². The number of halogens is 2. The van der Waals surface area contributed by atoms with Crippen LogP contribution in [0.2, 0.25) is 10.0 Å². The highest BCUT2D eigenvalue weighted by Crippen LogP contribution is 2.35. The van der Waals surface area contributed by atoms with Crippen molar-refractivity contribution in [3.63, 3.8) is 0 Å². The molecule has 3 aromatic rings. The number of aryl methyl sites for hydroxylation is 1. The maximum absolute atomic E-state index is 12.6. The van der Waals surface area contributed by atoms with Gasteiger partial charge in [0.05, 0.1) is 20.5 Å². The number of amides is 1. The van der Waals surface area contributed by atoms with Gasteiger partial charge in [0.1, 0.15) is 6.10 Å². The molecular weight excluding hydrogens is 571 g/mol. The number of aromatic nitrogens is 2. The van der Waals surface area contributed by atoms with Crippen LogP contribution >= 0.6 is 23.2 Å². The van der Waals surface area contributed by atoms with Crippen molar-refractivity contribution in [3.05, 3.63) is 81.7 Å². The topological polar surface area (TPSA) is 101 Å². The number of hydrogen-bond donors (Lipinski definition) is 1. The average molecular weight is 606 g/mol. The first-order valence-electron chi connectivity index (χ1n) is 13.2. The number of nitrogens with zero attached hydrogens (tertiary/aromatic N) is 3. The van der Waals surface area contributed by atoms with Crippen molar-refractivity contribution in [1.29, 1.82) is 0 Å². The number of carbonyl (C=O) groups excluding carboxylic acids is 1. The molecule has 1 amide bonds. The lowest BCUT2D eigenvalue weighted by atomic mass is 9.86. The summed E-state index contributed by atoms with van der Waals surface area (Å²) in [4.78, 5) is 23.7. The number of pyridine rings is 2. The smallest absolute Gasteiger partial charge is 0.254 e. The number of benzene rings is 1. The molecule has 0 saturated carbocycles. The second kappa shape index (κ2) is 13.3. The third kappa shape index (κ3) is 7.72. The minimum Gasteiger partial charge on any atom is -0.469 e. The van der Waals surface area contributed by atoms with E-state index in [1.54, 1.807) is 12.1 Å². The molecule has 1 aliphatic heterocycles. The van der Waals surface area contributed by atoms with Gasteiger partial charge in [0.15, 0.2) is 9.84 Å². The number of hydrogen-bond acceptors (Lipinski definition) is 7. The van der Waals surface area contributed by atoms with E-state index in [0.717, 1.165) is 43.6 Å². The highest BCUT2D eigenvalue weighted by atomic mass is 35.5. The van der Waals surface area contributed by atoms with Crippen LogP contribution in [-0.2, 0) is 9.84 Å². The van der Waals surface area contributed by atoms with Gasteiger partial charge in [0.2, 0.25) is 5.88 Å². The predicted octanol–water partition coefficient (Wildman–Crippen LogP) is 5.54. The van der Waals surface area contributed by atoms with E-state index in [0.29, 0.717) is 12.4 Å². The first kappa shape index (κ1) is 30.2. The van der Waals surface area contributed by atoms with E-state index in [1.165, 1.54) is 18.6 Å². The number of carbonyl (C=O) groups is 1. The van der Waals surface area contributed by atoms with Gasteiger partial charge < -0.3 is 15.0 Å². The van der Waals surface area contributed by atoms with Gasteiger partial charge in [-0.05, 0) is 70.0 Å². The molecule has 0 bridgehead atoms. The Morgan fingerprint density at radius 3 is 2.35 bits per heavy atom. The van der Waals surface area contributed by atoms with E-state index in [2.05, 4.69) is 27.1 Å². The minimum absolute atomic E-state index is 0.226. The van der Waals surface area contributed by atoms with Crippen LogP contribution < -0.4 is 10.1 Å². The van der Waals surface area contributed by atoms with Gasteiger partial charge in [-0.25, -0.2) is 13.4 Å². The molecule has 40 heavy (non-hydrogen) atoms. The monoisotopic (exact) mass is 604 g/mol. The summed E-state index contributed by atoms with van der Waals surface area (Å²) in [7, 11) is -3.29. The van der Waals surface area contributed by atoms with Crippen LogP contribution in [0.25, 0.3) is 0 Å². The Morgan fingerprint density at radius 2 is 1.75 bits per heavy atom. The highest BCUT2D eigenvalue weighted by molar-refractivity contribution is 7.90. The van der Waals surface area contributed by atoms with E-state index >= 15 is 0 Å². The molecule has 1 saturated heterocycles. The van der Waals surface area contributed by atoms with Crippen LogP contribution in [0.15, 0.2) is 59.8 Å². The lowest BCUT2D eigenvalue weighted by molar-refractivity contribution is 0.0579. The molecule has 1 N–H and O–H groups in total. The Balaban J connectivity index is 1.37. The summed E-state index contributed by atoms with van der Waals surface area (Å²) in [6.45, 7) is 6.33. The number of nitrogens with one attached hydrogen (secondary N) is 1. The first-order chi connectivity index (χ1) is 19.0. The summed E-state index contributed by atoms with van der Waals surface area (Å²) >= 11 is 12.2. The van der Waals surface area contributed by atoms with Crippen LogP contribution in [0, 0.1) is 12.8 Å². The van der Waals surface area contributed by atoms with Gasteiger partial charge in [0, 0.05) is 48.9 Å². The lowest BCUT2D eigenvalue weighted by Crippen LogP contribution is -2.43. The molecule has 2 atom stereocenters. The summed E-state index contributed by atoms with van der Waals surface area (Å²) in [5.74, 6) is 0.471. The van der Waals surface area contributed by atoms with E-state index in [4.69, 9.17) is 27.9 Å².